The predicted molar refractivity (Wildman–Crippen MR) is 98.4 cm³/mol. The lowest BCUT2D eigenvalue weighted by Crippen LogP contribution is -2.03. The molecule has 0 amide bonds. The van der Waals surface area contributed by atoms with Gasteiger partial charge in [0.2, 0.25) is 9.84 Å². The summed E-state index contributed by atoms with van der Waals surface area (Å²) >= 11 is 4.24. The fraction of sp³-hybridized carbons (Fsp3) is 0. The largest absolute Gasteiger partial charge is 0.407 e. The van der Waals surface area contributed by atoms with Crippen LogP contribution in [-0.4, -0.2) is 8.42 Å². The van der Waals surface area contributed by atoms with Gasteiger partial charge in [-0.25, -0.2) is 8.42 Å². The van der Waals surface area contributed by atoms with Crippen LogP contribution in [-0.2, 0) is 9.84 Å². The molecular formula is C20H10O3S2. The average Bonchev–Trinajstić information content (AvgIpc) is 2.61. The maximum Gasteiger partial charge on any atom is 0.207 e. The molecule has 0 heterocycles. The number of rotatable bonds is 3. The van der Waals surface area contributed by atoms with Crippen molar-refractivity contribution in [2.45, 2.75) is 14.7 Å². The second-order valence-corrected chi connectivity index (χ2v) is 6.82. The van der Waals surface area contributed by atoms with Gasteiger partial charge in [-0.3, -0.25) is 0 Å². The van der Waals surface area contributed by atoms with E-state index in [2.05, 4.69) is 54.3 Å². The van der Waals surface area contributed by atoms with Gasteiger partial charge in [-0.05, 0) is 48.1 Å². The molecule has 120 valence electrons. The van der Waals surface area contributed by atoms with Crippen molar-refractivity contribution in [3.8, 4) is 53.8 Å². The van der Waals surface area contributed by atoms with Crippen molar-refractivity contribution in [1.82, 2.24) is 0 Å². The molecule has 0 N–H and O–H groups in total. The molecule has 0 saturated heterocycles. The zero-order valence-electron chi connectivity index (χ0n) is 12.8. The summed E-state index contributed by atoms with van der Waals surface area (Å²) in [4.78, 5) is 0.544. The minimum absolute atomic E-state index is 0.0895. The molecule has 2 rings (SSSR count). The Balaban J connectivity index is 2.20. The van der Waals surface area contributed by atoms with Crippen molar-refractivity contribution >= 4 is 22.5 Å². The molecule has 0 aliphatic rings. The summed E-state index contributed by atoms with van der Waals surface area (Å²) in [6.45, 7) is 0. The highest BCUT2D eigenvalue weighted by molar-refractivity contribution is 7.92. The lowest BCUT2D eigenvalue weighted by molar-refractivity contribution is 0.517. The molecule has 3 nitrogen and oxygen atoms in total. The average molecular weight is 362 g/mol. The minimum atomic E-state index is -3.65. The third-order valence-electron chi connectivity index (χ3n) is 2.82. The number of hydrogen-bond donors (Lipinski definition) is 1. The van der Waals surface area contributed by atoms with Crippen molar-refractivity contribution in [3.05, 3.63) is 48.5 Å². The Morgan fingerprint density at radius 1 is 0.920 bits per heavy atom. The molecule has 0 atom stereocenters. The molecule has 0 spiro atoms. The molecular weight excluding hydrogens is 352 g/mol. The monoisotopic (exact) mass is 362 g/mol. The first-order valence-corrected chi connectivity index (χ1v) is 8.74. The number of terminal acetylenes is 1. The Morgan fingerprint density at radius 2 is 1.60 bits per heavy atom. The van der Waals surface area contributed by atoms with Gasteiger partial charge in [0.05, 0.1) is 9.79 Å². The highest BCUT2D eigenvalue weighted by Crippen LogP contribution is 2.29. The summed E-state index contributed by atoms with van der Waals surface area (Å²) in [5.74, 6) is 14.5. The molecule has 0 fully saturated rings. The van der Waals surface area contributed by atoms with Crippen LogP contribution in [0, 0.1) is 48.1 Å². The number of thiol groups is 1. The van der Waals surface area contributed by atoms with Crippen molar-refractivity contribution in [2.75, 3.05) is 0 Å². The third kappa shape index (κ3) is 4.87. The first-order chi connectivity index (χ1) is 12.1. The van der Waals surface area contributed by atoms with E-state index in [0.29, 0.717) is 5.75 Å². The minimum Gasteiger partial charge on any atom is -0.407 e. The highest BCUT2D eigenvalue weighted by atomic mass is 32.2. The summed E-state index contributed by atoms with van der Waals surface area (Å²) in [5.41, 5.74) is 0. The summed E-state index contributed by atoms with van der Waals surface area (Å²) < 4.78 is 30.3. The van der Waals surface area contributed by atoms with Gasteiger partial charge in [0.25, 0.3) is 0 Å². The van der Waals surface area contributed by atoms with Gasteiger partial charge in [0.15, 0.2) is 0 Å². The SMILES string of the molecule is C#CC#CC#CC#COc1ccc(S(=O)(=O)c2ccccc2)c(S)c1. The molecule has 2 aromatic carbocycles. The van der Waals surface area contributed by atoms with Crippen LogP contribution in [0.25, 0.3) is 0 Å². The summed E-state index contributed by atoms with van der Waals surface area (Å²) in [6, 6.07) is 12.5. The second-order valence-electron chi connectivity index (χ2n) is 4.42. The van der Waals surface area contributed by atoms with Crippen LogP contribution < -0.4 is 4.74 Å². The number of ether oxygens (including phenoxy) is 1. The van der Waals surface area contributed by atoms with E-state index in [9.17, 15) is 8.42 Å². The van der Waals surface area contributed by atoms with E-state index in [4.69, 9.17) is 11.2 Å². The molecule has 0 saturated carbocycles. The second kappa shape index (κ2) is 8.58. The fourth-order valence-corrected chi connectivity index (χ4v) is 3.67. The van der Waals surface area contributed by atoms with Crippen LogP contribution in [0.15, 0.2) is 63.2 Å². The number of hydrogen-bond acceptors (Lipinski definition) is 4. The molecule has 0 radical (unpaired) electrons. The van der Waals surface area contributed by atoms with E-state index in [1.165, 1.54) is 30.3 Å². The van der Waals surface area contributed by atoms with Crippen LogP contribution in [0.3, 0.4) is 0 Å². The Bertz CT molecular complexity index is 1110. The Morgan fingerprint density at radius 3 is 2.28 bits per heavy atom. The lowest BCUT2D eigenvalue weighted by Gasteiger charge is -2.08. The van der Waals surface area contributed by atoms with Gasteiger partial charge in [0.1, 0.15) is 11.9 Å². The molecule has 0 aliphatic heterocycles. The Hall–Kier alpha value is -3.22. The normalized spacial score (nSPS) is 9.12. The number of sulfone groups is 1. The third-order valence-corrected chi connectivity index (χ3v) is 5.16. The maximum atomic E-state index is 12.6. The van der Waals surface area contributed by atoms with Gasteiger partial charge in [-0.1, -0.05) is 18.2 Å². The number of benzene rings is 2. The quantitative estimate of drug-likeness (QED) is 0.675. The lowest BCUT2D eigenvalue weighted by atomic mass is 10.3. The molecule has 5 heteroatoms. The van der Waals surface area contributed by atoms with E-state index in [1.54, 1.807) is 18.2 Å². The first kappa shape index (κ1) is 18.1. The maximum absolute atomic E-state index is 12.6. The van der Waals surface area contributed by atoms with Gasteiger partial charge >= 0.3 is 0 Å². The van der Waals surface area contributed by atoms with Crippen molar-refractivity contribution in [3.63, 3.8) is 0 Å². The highest BCUT2D eigenvalue weighted by Gasteiger charge is 2.20. The van der Waals surface area contributed by atoms with Crippen LogP contribution in [0.1, 0.15) is 0 Å². The Labute approximate surface area is 152 Å². The van der Waals surface area contributed by atoms with Gasteiger partial charge in [-0.2, -0.15) is 0 Å². The van der Waals surface area contributed by atoms with Crippen molar-refractivity contribution in [2.24, 2.45) is 0 Å². The van der Waals surface area contributed by atoms with Crippen LogP contribution in [0.2, 0.25) is 0 Å². The summed E-state index contributed by atoms with van der Waals surface area (Å²) in [6.07, 6.45) is 7.31. The molecule has 25 heavy (non-hydrogen) atoms. The molecule has 0 aliphatic carbocycles. The molecule has 2 aromatic rings. The van der Waals surface area contributed by atoms with Crippen LogP contribution in [0.5, 0.6) is 5.75 Å². The zero-order chi connectivity index (χ0) is 18.1. The van der Waals surface area contributed by atoms with Crippen LogP contribution >= 0.6 is 12.6 Å². The molecule has 0 bridgehead atoms. The van der Waals surface area contributed by atoms with Crippen LogP contribution in [0.4, 0.5) is 0 Å². The van der Waals surface area contributed by atoms with Gasteiger partial charge < -0.3 is 4.74 Å². The van der Waals surface area contributed by atoms with Crippen molar-refractivity contribution in [1.29, 1.82) is 0 Å². The summed E-state index contributed by atoms with van der Waals surface area (Å²) in [7, 11) is -3.65. The standard InChI is InChI=1S/C20H10O3S2/c1-2-3-4-5-6-10-15-23-17-13-14-20(19(24)16-17)25(21,22)18-11-8-7-9-12-18/h1,7-9,11-14,16,24H. The van der Waals surface area contributed by atoms with Gasteiger partial charge in [0, 0.05) is 22.7 Å². The zero-order valence-corrected chi connectivity index (χ0v) is 14.5. The van der Waals surface area contributed by atoms with Crippen molar-refractivity contribution < 1.29 is 13.2 Å². The molecule has 0 aromatic heterocycles. The van der Waals surface area contributed by atoms with E-state index in [1.807, 2.05) is 0 Å². The topological polar surface area (TPSA) is 43.4 Å². The smallest absolute Gasteiger partial charge is 0.207 e. The predicted octanol–water partition coefficient (Wildman–Crippen LogP) is 2.79. The van der Waals surface area contributed by atoms with Gasteiger partial charge in [-0.15, -0.1) is 19.1 Å². The first-order valence-electron chi connectivity index (χ1n) is 6.81. The van der Waals surface area contributed by atoms with E-state index < -0.39 is 9.84 Å². The van der Waals surface area contributed by atoms with E-state index in [-0.39, 0.29) is 14.7 Å². The molecule has 0 unspecified atom stereocenters. The van der Waals surface area contributed by atoms with E-state index >= 15 is 0 Å². The Kier molecular flexibility index (Phi) is 6.22. The fourth-order valence-electron chi connectivity index (χ4n) is 1.75. The summed E-state index contributed by atoms with van der Waals surface area (Å²) in [5, 5.41) is 0. The van der Waals surface area contributed by atoms with E-state index in [0.717, 1.165) is 0 Å².